The second-order valence-electron chi connectivity index (χ2n) is 7.95. The summed E-state index contributed by atoms with van der Waals surface area (Å²) in [6.45, 7) is 10.4. The molecule has 0 saturated carbocycles. The molecule has 1 atom stereocenters. The molecule has 1 aliphatic rings. The lowest BCUT2D eigenvalue weighted by atomic mass is 10.1. The molecule has 0 bridgehead atoms. The highest BCUT2D eigenvalue weighted by molar-refractivity contribution is 5.92. The van der Waals surface area contributed by atoms with Crippen molar-refractivity contribution in [2.75, 3.05) is 44.6 Å². The highest BCUT2D eigenvalue weighted by Gasteiger charge is 2.27. The van der Waals surface area contributed by atoms with Gasteiger partial charge in [-0.1, -0.05) is 12.1 Å². The van der Waals surface area contributed by atoms with E-state index in [1.54, 1.807) is 6.26 Å². The summed E-state index contributed by atoms with van der Waals surface area (Å²) in [4.78, 5) is 27.2. The van der Waals surface area contributed by atoms with E-state index in [1.807, 2.05) is 51.1 Å². The summed E-state index contributed by atoms with van der Waals surface area (Å²) in [6.07, 6.45) is 1.61. The van der Waals surface area contributed by atoms with Gasteiger partial charge >= 0.3 is 0 Å². The SMILES string of the molecule is Cc1cccc(NC(=O)C[NH+]2CC[NH+](CC(=O)N[C@H](C)c3ccco3)CC2)c1C. The summed E-state index contributed by atoms with van der Waals surface area (Å²) in [6, 6.07) is 9.51. The molecule has 1 aromatic carbocycles. The Kier molecular flexibility index (Phi) is 7.06. The normalized spacial score (nSPS) is 20.1. The number of piperazine rings is 1. The predicted octanol–water partition coefficient (Wildman–Crippen LogP) is -0.504. The zero-order chi connectivity index (χ0) is 20.8. The van der Waals surface area contributed by atoms with E-state index in [0.717, 1.165) is 43.2 Å². The molecule has 1 aromatic heterocycles. The first-order valence-corrected chi connectivity index (χ1v) is 10.3. The summed E-state index contributed by atoms with van der Waals surface area (Å²) >= 11 is 0. The molecule has 0 unspecified atom stereocenters. The smallest absolute Gasteiger partial charge is 0.279 e. The monoisotopic (exact) mass is 400 g/mol. The molecule has 2 heterocycles. The van der Waals surface area contributed by atoms with Crippen LogP contribution < -0.4 is 20.4 Å². The average Bonchev–Trinajstić information content (AvgIpc) is 3.22. The molecular formula is C22H32N4O3+2. The van der Waals surface area contributed by atoms with Gasteiger partial charge in [-0.05, 0) is 50.1 Å². The number of hydrogen-bond donors (Lipinski definition) is 4. The number of carbonyl (C=O) groups is 2. The number of hydrogen-bond acceptors (Lipinski definition) is 3. The van der Waals surface area contributed by atoms with Gasteiger partial charge in [-0.25, -0.2) is 0 Å². The molecule has 2 aromatic rings. The Morgan fingerprint density at radius 3 is 2.28 bits per heavy atom. The van der Waals surface area contributed by atoms with E-state index < -0.39 is 0 Å². The van der Waals surface area contributed by atoms with Crippen LogP contribution in [0.4, 0.5) is 5.69 Å². The lowest BCUT2D eigenvalue weighted by molar-refractivity contribution is -1.00. The van der Waals surface area contributed by atoms with E-state index in [2.05, 4.69) is 10.6 Å². The fraction of sp³-hybridized carbons (Fsp3) is 0.455. The van der Waals surface area contributed by atoms with Crippen LogP contribution in [0.1, 0.15) is 29.9 Å². The van der Waals surface area contributed by atoms with Crippen molar-refractivity contribution in [1.29, 1.82) is 0 Å². The number of aryl methyl sites for hydroxylation is 1. The third-order valence-corrected chi connectivity index (χ3v) is 5.71. The maximum Gasteiger partial charge on any atom is 0.279 e. The van der Waals surface area contributed by atoms with E-state index in [1.165, 1.54) is 15.4 Å². The van der Waals surface area contributed by atoms with Gasteiger partial charge in [0.1, 0.15) is 31.9 Å². The van der Waals surface area contributed by atoms with Gasteiger partial charge < -0.3 is 24.9 Å². The van der Waals surface area contributed by atoms with Gasteiger partial charge in [0.15, 0.2) is 13.1 Å². The first-order valence-electron chi connectivity index (χ1n) is 10.3. The van der Waals surface area contributed by atoms with Crippen LogP contribution in [0.3, 0.4) is 0 Å². The van der Waals surface area contributed by atoms with Gasteiger partial charge in [0.25, 0.3) is 11.8 Å². The van der Waals surface area contributed by atoms with Crippen molar-refractivity contribution in [3.8, 4) is 0 Å². The Hall–Kier alpha value is -2.64. The van der Waals surface area contributed by atoms with Crippen molar-refractivity contribution in [3.63, 3.8) is 0 Å². The number of nitrogens with one attached hydrogen (secondary N) is 4. The minimum absolute atomic E-state index is 0.0278. The van der Waals surface area contributed by atoms with Gasteiger partial charge in [0.05, 0.1) is 12.3 Å². The van der Waals surface area contributed by atoms with Crippen LogP contribution >= 0.6 is 0 Å². The molecule has 4 N–H and O–H groups in total. The number of carbonyl (C=O) groups excluding carboxylic acids is 2. The fourth-order valence-electron chi connectivity index (χ4n) is 3.75. The summed E-state index contributed by atoms with van der Waals surface area (Å²) in [5.41, 5.74) is 3.17. The Morgan fingerprint density at radius 2 is 1.66 bits per heavy atom. The minimum Gasteiger partial charge on any atom is -0.467 e. The third-order valence-electron chi connectivity index (χ3n) is 5.71. The number of quaternary nitrogens is 2. The molecule has 7 nitrogen and oxygen atoms in total. The first-order chi connectivity index (χ1) is 13.9. The lowest BCUT2D eigenvalue weighted by Gasteiger charge is -2.29. The molecule has 1 saturated heterocycles. The van der Waals surface area contributed by atoms with Crippen molar-refractivity contribution in [2.45, 2.75) is 26.8 Å². The lowest BCUT2D eigenvalue weighted by Crippen LogP contribution is -3.28. The van der Waals surface area contributed by atoms with E-state index in [-0.39, 0.29) is 17.9 Å². The third kappa shape index (κ3) is 5.92. The van der Waals surface area contributed by atoms with Gasteiger partial charge in [-0.3, -0.25) is 9.59 Å². The molecule has 0 spiro atoms. The molecule has 3 rings (SSSR count). The standard InChI is InChI=1S/C22H30N4O3/c1-16-6-4-7-19(17(16)2)24-22(28)15-26-11-9-25(10-12-26)14-21(27)23-18(3)20-8-5-13-29-20/h4-8,13,18H,9-12,14-15H2,1-3H3,(H,23,27)(H,24,28)/p+2/t18-/m1/s1. The van der Waals surface area contributed by atoms with Gasteiger partial charge in [0, 0.05) is 5.69 Å². The second kappa shape index (κ2) is 9.71. The summed E-state index contributed by atoms with van der Waals surface area (Å²) in [5, 5.41) is 6.02. The number of rotatable bonds is 7. The van der Waals surface area contributed by atoms with E-state index in [9.17, 15) is 9.59 Å². The van der Waals surface area contributed by atoms with E-state index in [4.69, 9.17) is 4.42 Å². The molecule has 1 fully saturated rings. The number of amides is 2. The number of furan rings is 1. The predicted molar refractivity (Wildman–Crippen MR) is 111 cm³/mol. The Labute approximate surface area is 172 Å². The van der Waals surface area contributed by atoms with Crippen molar-refractivity contribution >= 4 is 17.5 Å². The Morgan fingerprint density at radius 1 is 1.00 bits per heavy atom. The van der Waals surface area contributed by atoms with Crippen LogP contribution in [0.15, 0.2) is 41.0 Å². The van der Waals surface area contributed by atoms with Gasteiger partial charge in [0.2, 0.25) is 0 Å². The van der Waals surface area contributed by atoms with Crippen molar-refractivity contribution in [2.24, 2.45) is 0 Å². The first kappa shape index (κ1) is 21.1. The maximum atomic E-state index is 12.4. The summed E-state index contributed by atoms with van der Waals surface area (Å²) in [5.74, 6) is 0.833. The topological polar surface area (TPSA) is 80.2 Å². The summed E-state index contributed by atoms with van der Waals surface area (Å²) < 4.78 is 5.33. The van der Waals surface area contributed by atoms with Crippen molar-refractivity contribution < 1.29 is 23.8 Å². The van der Waals surface area contributed by atoms with Crippen LogP contribution in [0.5, 0.6) is 0 Å². The zero-order valence-corrected chi connectivity index (χ0v) is 17.5. The Bertz CT molecular complexity index is 827. The van der Waals surface area contributed by atoms with Crippen LogP contribution in [0.2, 0.25) is 0 Å². The van der Waals surface area contributed by atoms with Crippen LogP contribution in [-0.2, 0) is 9.59 Å². The maximum absolute atomic E-state index is 12.4. The second-order valence-corrected chi connectivity index (χ2v) is 7.95. The van der Waals surface area contributed by atoms with Crippen LogP contribution in [-0.4, -0.2) is 51.1 Å². The molecule has 1 aliphatic heterocycles. The molecule has 0 aliphatic carbocycles. The quantitative estimate of drug-likeness (QED) is 0.506. The average molecular weight is 401 g/mol. The molecular weight excluding hydrogens is 368 g/mol. The van der Waals surface area contributed by atoms with Gasteiger partial charge in [-0.2, -0.15) is 0 Å². The van der Waals surface area contributed by atoms with Crippen LogP contribution in [0, 0.1) is 13.8 Å². The molecule has 29 heavy (non-hydrogen) atoms. The van der Waals surface area contributed by atoms with Crippen molar-refractivity contribution in [1.82, 2.24) is 5.32 Å². The molecule has 2 amide bonds. The fourth-order valence-corrected chi connectivity index (χ4v) is 3.75. The largest absolute Gasteiger partial charge is 0.467 e. The molecule has 7 heteroatoms. The zero-order valence-electron chi connectivity index (χ0n) is 17.5. The number of benzene rings is 1. The highest BCUT2D eigenvalue weighted by Crippen LogP contribution is 2.17. The molecule has 156 valence electrons. The summed E-state index contributed by atoms with van der Waals surface area (Å²) in [7, 11) is 0. The van der Waals surface area contributed by atoms with Crippen molar-refractivity contribution in [3.05, 3.63) is 53.5 Å². The minimum atomic E-state index is -0.127. The number of anilines is 1. The molecule has 0 radical (unpaired) electrons. The van der Waals surface area contributed by atoms with E-state index in [0.29, 0.717) is 13.1 Å². The van der Waals surface area contributed by atoms with Gasteiger partial charge in [-0.15, -0.1) is 0 Å². The highest BCUT2D eigenvalue weighted by atomic mass is 16.3. The van der Waals surface area contributed by atoms with E-state index >= 15 is 0 Å². The van der Waals surface area contributed by atoms with Crippen LogP contribution in [0.25, 0.3) is 0 Å². The Balaban J connectivity index is 1.39.